The van der Waals surface area contributed by atoms with Crippen LogP contribution in [0.4, 0.5) is 15.8 Å². The number of benzene rings is 2. The van der Waals surface area contributed by atoms with Crippen LogP contribution in [-0.4, -0.2) is 31.1 Å². The molecule has 11 heteroatoms. The molecule has 0 spiro atoms. The van der Waals surface area contributed by atoms with E-state index in [9.17, 15) is 29.4 Å². The normalized spacial score (nSPS) is 15.6. The summed E-state index contributed by atoms with van der Waals surface area (Å²) in [6.45, 7) is 1.32. The molecule has 0 radical (unpaired) electrons. The summed E-state index contributed by atoms with van der Waals surface area (Å²) in [7, 11) is 2.14. The fourth-order valence-corrected chi connectivity index (χ4v) is 3.84. The van der Waals surface area contributed by atoms with Gasteiger partial charge >= 0.3 is 11.9 Å². The number of nitro benzene ring substituents is 1. The van der Waals surface area contributed by atoms with Gasteiger partial charge in [0.05, 0.1) is 59.6 Å². The fraction of sp³-hybridized carbons (Fsp3) is 0.174. The van der Waals surface area contributed by atoms with E-state index in [1.807, 2.05) is 6.07 Å². The Bertz CT molecular complexity index is 1300. The average Bonchev–Trinajstić information content (AvgIpc) is 2.83. The summed E-state index contributed by atoms with van der Waals surface area (Å²) in [6, 6.07) is 11.9. The highest BCUT2D eigenvalue weighted by atomic mass is 19.1. The summed E-state index contributed by atoms with van der Waals surface area (Å²) < 4.78 is 24.2. The van der Waals surface area contributed by atoms with E-state index in [-0.39, 0.29) is 28.2 Å². The Morgan fingerprint density at radius 2 is 1.79 bits per heavy atom. The number of hydrogen-bond donors (Lipinski definition) is 1. The molecule has 34 heavy (non-hydrogen) atoms. The van der Waals surface area contributed by atoms with Crippen molar-refractivity contribution in [1.82, 2.24) is 0 Å². The van der Waals surface area contributed by atoms with Crippen molar-refractivity contribution in [2.45, 2.75) is 12.8 Å². The number of nitro groups is 1. The zero-order valence-corrected chi connectivity index (χ0v) is 18.4. The third-order valence-electron chi connectivity index (χ3n) is 5.37. The van der Waals surface area contributed by atoms with Gasteiger partial charge in [0.1, 0.15) is 17.3 Å². The maximum absolute atomic E-state index is 14.4. The number of halogens is 1. The molecule has 0 saturated heterocycles. The second-order valence-corrected chi connectivity index (χ2v) is 7.16. The summed E-state index contributed by atoms with van der Waals surface area (Å²) in [5.41, 5.74) is 5.01. The monoisotopic (exact) mass is 466 g/mol. The van der Waals surface area contributed by atoms with E-state index in [4.69, 9.17) is 15.2 Å². The number of hydrogen-bond acceptors (Lipinski definition) is 9. The minimum absolute atomic E-state index is 0.0598. The number of carbonyl (C=O) groups is 2. The predicted octanol–water partition coefficient (Wildman–Crippen LogP) is 2.94. The van der Waals surface area contributed by atoms with Gasteiger partial charge in [0, 0.05) is 0 Å². The van der Waals surface area contributed by atoms with Gasteiger partial charge in [-0.05, 0) is 18.6 Å². The van der Waals surface area contributed by atoms with Crippen LogP contribution < -0.4 is 10.6 Å². The van der Waals surface area contributed by atoms with Crippen molar-refractivity contribution >= 4 is 23.3 Å². The van der Waals surface area contributed by atoms with Crippen molar-refractivity contribution in [3.63, 3.8) is 0 Å². The van der Waals surface area contributed by atoms with Gasteiger partial charge < -0.3 is 15.2 Å². The van der Waals surface area contributed by atoms with E-state index in [2.05, 4.69) is 0 Å². The summed E-state index contributed by atoms with van der Waals surface area (Å²) >= 11 is 0. The highest BCUT2D eigenvalue weighted by Gasteiger charge is 2.43. The summed E-state index contributed by atoms with van der Waals surface area (Å²) in [5.74, 6) is -4.46. The topological polar surface area (TPSA) is 149 Å². The Morgan fingerprint density at radius 1 is 1.18 bits per heavy atom. The smallest absolute Gasteiger partial charge is 0.355 e. The summed E-state index contributed by atoms with van der Waals surface area (Å²) in [4.78, 5) is 37.6. The summed E-state index contributed by atoms with van der Waals surface area (Å²) in [5, 5.41) is 21.5. The fourth-order valence-electron chi connectivity index (χ4n) is 3.84. The molecule has 2 aromatic rings. The number of methoxy groups -OCH3 is 2. The number of ether oxygens (including phenoxy) is 2. The van der Waals surface area contributed by atoms with Crippen LogP contribution in [0.1, 0.15) is 17.0 Å². The number of anilines is 1. The van der Waals surface area contributed by atoms with Gasteiger partial charge in [0.15, 0.2) is 0 Å². The molecule has 0 aromatic heterocycles. The van der Waals surface area contributed by atoms with Gasteiger partial charge in [-0.25, -0.2) is 14.0 Å². The minimum atomic E-state index is -1.12. The Labute approximate surface area is 193 Å². The zero-order chi connectivity index (χ0) is 25.2. The quantitative estimate of drug-likeness (QED) is 0.399. The van der Waals surface area contributed by atoms with Crippen LogP contribution >= 0.6 is 0 Å². The Morgan fingerprint density at radius 3 is 2.32 bits per heavy atom. The molecule has 0 fully saturated rings. The molecule has 1 aliphatic heterocycles. The molecule has 0 bridgehead atoms. The van der Waals surface area contributed by atoms with E-state index in [0.717, 1.165) is 25.2 Å². The maximum Gasteiger partial charge on any atom is 0.355 e. The van der Waals surface area contributed by atoms with Gasteiger partial charge in [-0.15, -0.1) is 0 Å². The molecule has 1 unspecified atom stereocenters. The first-order valence-electron chi connectivity index (χ1n) is 9.78. The molecule has 2 aromatic carbocycles. The highest BCUT2D eigenvalue weighted by Crippen LogP contribution is 2.44. The zero-order valence-electron chi connectivity index (χ0n) is 18.4. The third kappa shape index (κ3) is 3.93. The first kappa shape index (κ1) is 23.9. The number of nitrogens with zero attached hydrogens (tertiary/aromatic N) is 3. The number of esters is 2. The maximum atomic E-state index is 14.4. The van der Waals surface area contributed by atoms with Crippen LogP contribution in [0, 0.1) is 34.2 Å². The Kier molecular flexibility index (Phi) is 6.63. The Hall–Kier alpha value is -4.72. The second kappa shape index (κ2) is 9.41. The van der Waals surface area contributed by atoms with Gasteiger partial charge in [0.25, 0.3) is 5.69 Å². The number of nitrogens with two attached hydrogens (primary N) is 1. The van der Waals surface area contributed by atoms with Gasteiger partial charge in [-0.3, -0.25) is 15.0 Å². The molecule has 0 aliphatic carbocycles. The minimum Gasteiger partial charge on any atom is -0.466 e. The van der Waals surface area contributed by atoms with E-state index in [0.29, 0.717) is 11.6 Å². The van der Waals surface area contributed by atoms with Gasteiger partial charge in [-0.2, -0.15) is 5.26 Å². The SMILES string of the molecule is COC(=O)C1=C(C(=O)OC)N(c2cc(F)cc([N+](=O)[O-])c2C)C(N)=C(C#N)C1c1ccccc1. The summed E-state index contributed by atoms with van der Waals surface area (Å²) in [6.07, 6.45) is 0. The predicted molar refractivity (Wildman–Crippen MR) is 117 cm³/mol. The van der Waals surface area contributed by atoms with Crippen LogP contribution in [0.2, 0.25) is 0 Å². The standard InChI is InChI=1S/C23H19FN4O6/c1-12-16(9-14(24)10-17(12)28(31)32)27-20(23(30)34-3)19(22(29)33-2)18(15(11-25)21(27)26)13-7-5-4-6-8-13/h4-10,18H,26H2,1-3H3. The van der Waals surface area contributed by atoms with Crippen LogP contribution in [0.25, 0.3) is 0 Å². The molecule has 0 amide bonds. The number of carbonyl (C=O) groups excluding carboxylic acids is 2. The number of nitriles is 1. The lowest BCUT2D eigenvalue weighted by Crippen LogP contribution is -2.41. The van der Waals surface area contributed by atoms with Crippen LogP contribution in [-0.2, 0) is 19.1 Å². The Balaban J connectivity index is 2.49. The molecule has 174 valence electrons. The first-order chi connectivity index (χ1) is 16.2. The van der Waals surface area contributed by atoms with E-state index in [1.165, 1.54) is 6.92 Å². The molecule has 1 atom stereocenters. The van der Waals surface area contributed by atoms with Crippen molar-refractivity contribution in [1.29, 1.82) is 5.26 Å². The first-order valence-corrected chi connectivity index (χ1v) is 9.78. The van der Waals surface area contributed by atoms with Crippen molar-refractivity contribution in [2.24, 2.45) is 5.73 Å². The molecule has 1 aliphatic rings. The van der Waals surface area contributed by atoms with Crippen molar-refractivity contribution in [3.05, 3.63) is 92.2 Å². The lowest BCUT2D eigenvalue weighted by atomic mass is 9.80. The second-order valence-electron chi connectivity index (χ2n) is 7.16. The van der Waals surface area contributed by atoms with Gasteiger partial charge in [0.2, 0.25) is 0 Å². The number of allylic oxidation sites excluding steroid dienone is 1. The van der Waals surface area contributed by atoms with E-state index in [1.54, 1.807) is 30.3 Å². The third-order valence-corrected chi connectivity index (χ3v) is 5.37. The lowest BCUT2D eigenvalue weighted by Gasteiger charge is -2.36. The van der Waals surface area contributed by atoms with Crippen LogP contribution in [0.3, 0.4) is 0 Å². The van der Waals surface area contributed by atoms with Gasteiger partial charge in [-0.1, -0.05) is 30.3 Å². The average molecular weight is 466 g/mol. The number of rotatable bonds is 5. The lowest BCUT2D eigenvalue weighted by molar-refractivity contribution is -0.385. The van der Waals surface area contributed by atoms with E-state index >= 15 is 0 Å². The molecular weight excluding hydrogens is 447 g/mol. The largest absolute Gasteiger partial charge is 0.466 e. The molecule has 10 nitrogen and oxygen atoms in total. The van der Waals surface area contributed by atoms with Crippen LogP contribution in [0.15, 0.2) is 65.1 Å². The van der Waals surface area contributed by atoms with Crippen molar-refractivity contribution in [3.8, 4) is 6.07 Å². The molecule has 1 heterocycles. The van der Waals surface area contributed by atoms with E-state index < -0.39 is 40.0 Å². The van der Waals surface area contributed by atoms with Crippen LogP contribution in [0.5, 0.6) is 0 Å². The highest BCUT2D eigenvalue weighted by molar-refractivity contribution is 6.06. The molecule has 2 N–H and O–H groups in total. The molecule has 3 rings (SSSR count). The molecule has 0 saturated carbocycles. The van der Waals surface area contributed by atoms with Crippen molar-refractivity contribution in [2.75, 3.05) is 19.1 Å². The molecular formula is C23H19FN4O6. The van der Waals surface area contributed by atoms with Crippen molar-refractivity contribution < 1.29 is 28.4 Å².